The van der Waals surface area contributed by atoms with Gasteiger partial charge >= 0.3 is 0 Å². The van der Waals surface area contributed by atoms with Crippen LogP contribution in [0.4, 0.5) is 0 Å². The summed E-state index contributed by atoms with van der Waals surface area (Å²) >= 11 is 0. The highest BCUT2D eigenvalue weighted by Crippen LogP contribution is 2.15. The fourth-order valence-corrected chi connectivity index (χ4v) is 1.70. The number of rotatable bonds is 3. The number of nitrogens with zero attached hydrogens (tertiary/aromatic N) is 2. The number of hydrogen-bond donors (Lipinski definition) is 0. The average molecular weight is 172 g/mol. The second kappa shape index (κ2) is 4.40. The van der Waals surface area contributed by atoms with Crippen molar-refractivity contribution in [3.8, 4) is 0 Å². The Hall–Kier alpha value is -0.640. The number of nitro groups is 1. The largest absolute Gasteiger partial charge is 0.294 e. The van der Waals surface area contributed by atoms with Crippen molar-refractivity contribution < 1.29 is 4.92 Å². The molecule has 0 bridgehead atoms. The molecule has 0 aromatic heterocycles. The first-order valence-electron chi connectivity index (χ1n) is 4.56. The van der Waals surface area contributed by atoms with Gasteiger partial charge in [-0.1, -0.05) is 6.42 Å². The molecule has 1 aliphatic rings. The molecule has 0 aromatic rings. The molecule has 1 aliphatic heterocycles. The zero-order valence-corrected chi connectivity index (χ0v) is 7.53. The molecule has 1 heterocycles. The van der Waals surface area contributed by atoms with Crippen LogP contribution in [0, 0.1) is 10.1 Å². The van der Waals surface area contributed by atoms with Crippen LogP contribution in [-0.4, -0.2) is 35.5 Å². The molecule has 1 saturated heterocycles. The minimum absolute atomic E-state index is 0.0876. The van der Waals surface area contributed by atoms with E-state index in [0.717, 1.165) is 6.54 Å². The van der Waals surface area contributed by atoms with E-state index >= 15 is 0 Å². The zero-order chi connectivity index (χ0) is 8.97. The summed E-state index contributed by atoms with van der Waals surface area (Å²) < 4.78 is 0. The van der Waals surface area contributed by atoms with E-state index in [1.165, 1.54) is 19.3 Å². The third-order valence-corrected chi connectivity index (χ3v) is 2.51. The van der Waals surface area contributed by atoms with E-state index in [9.17, 15) is 10.1 Å². The standard InChI is InChI=1S/C8H16N2O2/c1-8-4-2-3-5-9(8)6-7-10(11)12/h8H,2-7H2,1H3. The maximum absolute atomic E-state index is 10.1. The molecule has 4 heteroatoms. The minimum atomic E-state index is -0.235. The average Bonchev–Trinajstić information content (AvgIpc) is 2.03. The maximum Gasteiger partial charge on any atom is 0.216 e. The van der Waals surface area contributed by atoms with E-state index in [2.05, 4.69) is 11.8 Å². The summed E-state index contributed by atoms with van der Waals surface area (Å²) in [5, 5.41) is 10.1. The molecule has 12 heavy (non-hydrogen) atoms. The van der Waals surface area contributed by atoms with E-state index in [1.54, 1.807) is 0 Å². The van der Waals surface area contributed by atoms with Crippen LogP contribution in [0.1, 0.15) is 26.2 Å². The lowest BCUT2D eigenvalue weighted by atomic mass is 10.0. The van der Waals surface area contributed by atoms with Gasteiger partial charge in [0.25, 0.3) is 0 Å². The minimum Gasteiger partial charge on any atom is -0.294 e. The summed E-state index contributed by atoms with van der Waals surface area (Å²) in [5.41, 5.74) is 0. The van der Waals surface area contributed by atoms with Crippen LogP contribution >= 0.6 is 0 Å². The first-order chi connectivity index (χ1) is 5.70. The van der Waals surface area contributed by atoms with Gasteiger partial charge in [-0.15, -0.1) is 0 Å². The second-order valence-corrected chi connectivity index (χ2v) is 3.44. The van der Waals surface area contributed by atoms with Crippen molar-refractivity contribution in [2.24, 2.45) is 0 Å². The van der Waals surface area contributed by atoms with Crippen LogP contribution in [0.2, 0.25) is 0 Å². The monoisotopic (exact) mass is 172 g/mol. The lowest BCUT2D eigenvalue weighted by Crippen LogP contribution is -2.40. The first kappa shape index (κ1) is 9.45. The normalized spacial score (nSPS) is 25.6. The van der Waals surface area contributed by atoms with Gasteiger partial charge in [0.05, 0.1) is 6.54 Å². The van der Waals surface area contributed by atoms with Crippen molar-refractivity contribution in [1.82, 2.24) is 4.90 Å². The molecule has 0 aliphatic carbocycles. The van der Waals surface area contributed by atoms with Gasteiger partial charge in [0.1, 0.15) is 0 Å². The Bertz CT molecular complexity index is 161. The molecule has 70 valence electrons. The summed E-state index contributed by atoms with van der Waals surface area (Å²) in [7, 11) is 0. The van der Waals surface area contributed by atoms with Crippen molar-refractivity contribution in [2.45, 2.75) is 32.2 Å². The van der Waals surface area contributed by atoms with Crippen LogP contribution in [-0.2, 0) is 0 Å². The third-order valence-electron chi connectivity index (χ3n) is 2.51. The SMILES string of the molecule is CC1CCCCN1CC[N+](=O)[O-]. The molecule has 1 unspecified atom stereocenters. The molecule has 0 N–H and O–H groups in total. The summed E-state index contributed by atoms with van der Waals surface area (Å²) in [6, 6.07) is 0.540. The summed E-state index contributed by atoms with van der Waals surface area (Å²) in [6.45, 7) is 3.90. The first-order valence-corrected chi connectivity index (χ1v) is 4.56. The molecule has 1 rings (SSSR count). The van der Waals surface area contributed by atoms with Gasteiger partial charge < -0.3 is 0 Å². The molecule has 0 amide bonds. The van der Waals surface area contributed by atoms with Crippen LogP contribution in [0.3, 0.4) is 0 Å². The van der Waals surface area contributed by atoms with E-state index in [0.29, 0.717) is 12.6 Å². The predicted molar refractivity (Wildman–Crippen MR) is 46.7 cm³/mol. The lowest BCUT2D eigenvalue weighted by Gasteiger charge is -2.31. The highest BCUT2D eigenvalue weighted by atomic mass is 16.6. The highest BCUT2D eigenvalue weighted by molar-refractivity contribution is 4.72. The van der Waals surface area contributed by atoms with Gasteiger partial charge in [-0.2, -0.15) is 0 Å². The Kier molecular flexibility index (Phi) is 3.47. The van der Waals surface area contributed by atoms with Gasteiger partial charge in [0.15, 0.2) is 0 Å². The van der Waals surface area contributed by atoms with Gasteiger partial charge in [-0.05, 0) is 26.3 Å². The fourth-order valence-electron chi connectivity index (χ4n) is 1.70. The Morgan fingerprint density at radius 3 is 2.92 bits per heavy atom. The molecule has 1 fully saturated rings. The molecular formula is C8H16N2O2. The van der Waals surface area contributed by atoms with Crippen molar-refractivity contribution in [3.05, 3.63) is 10.1 Å². The lowest BCUT2D eigenvalue weighted by molar-refractivity contribution is -0.480. The van der Waals surface area contributed by atoms with Crippen LogP contribution in [0.5, 0.6) is 0 Å². The van der Waals surface area contributed by atoms with Crippen molar-refractivity contribution in [1.29, 1.82) is 0 Å². The Balaban J connectivity index is 2.24. The maximum atomic E-state index is 10.1. The summed E-state index contributed by atoms with van der Waals surface area (Å²) in [5.74, 6) is 0. The van der Waals surface area contributed by atoms with Crippen molar-refractivity contribution in [2.75, 3.05) is 19.6 Å². The van der Waals surface area contributed by atoms with Crippen molar-refractivity contribution in [3.63, 3.8) is 0 Å². The molecule has 0 spiro atoms. The van der Waals surface area contributed by atoms with E-state index in [-0.39, 0.29) is 11.5 Å². The van der Waals surface area contributed by atoms with E-state index < -0.39 is 0 Å². The van der Waals surface area contributed by atoms with Gasteiger partial charge in [0, 0.05) is 11.0 Å². The van der Waals surface area contributed by atoms with Gasteiger partial charge in [0.2, 0.25) is 6.54 Å². The molecule has 0 saturated carbocycles. The number of piperidine rings is 1. The van der Waals surface area contributed by atoms with E-state index in [4.69, 9.17) is 0 Å². The smallest absolute Gasteiger partial charge is 0.216 e. The topological polar surface area (TPSA) is 46.4 Å². The molecule has 4 nitrogen and oxygen atoms in total. The van der Waals surface area contributed by atoms with Crippen molar-refractivity contribution >= 4 is 0 Å². The Morgan fingerprint density at radius 2 is 2.33 bits per heavy atom. The predicted octanol–water partition coefficient (Wildman–Crippen LogP) is 1.14. The van der Waals surface area contributed by atoms with Gasteiger partial charge in [-0.3, -0.25) is 15.0 Å². The quantitative estimate of drug-likeness (QED) is 0.473. The van der Waals surface area contributed by atoms with Crippen LogP contribution in [0.25, 0.3) is 0 Å². The van der Waals surface area contributed by atoms with Crippen LogP contribution in [0.15, 0.2) is 0 Å². The Morgan fingerprint density at radius 1 is 1.58 bits per heavy atom. The van der Waals surface area contributed by atoms with Crippen LogP contribution < -0.4 is 0 Å². The van der Waals surface area contributed by atoms with E-state index in [1.807, 2.05) is 0 Å². The zero-order valence-electron chi connectivity index (χ0n) is 7.53. The molecule has 0 aromatic carbocycles. The second-order valence-electron chi connectivity index (χ2n) is 3.44. The number of hydrogen-bond acceptors (Lipinski definition) is 3. The third kappa shape index (κ3) is 2.77. The summed E-state index contributed by atoms with van der Waals surface area (Å²) in [4.78, 5) is 12.1. The highest BCUT2D eigenvalue weighted by Gasteiger charge is 2.18. The summed E-state index contributed by atoms with van der Waals surface area (Å²) in [6.07, 6.45) is 3.66. The van der Waals surface area contributed by atoms with Gasteiger partial charge in [-0.25, -0.2) is 0 Å². The Labute approximate surface area is 72.7 Å². The number of likely N-dealkylation sites (tertiary alicyclic amines) is 1. The molecular weight excluding hydrogens is 156 g/mol. The fraction of sp³-hybridized carbons (Fsp3) is 1.00. The molecule has 0 radical (unpaired) electrons. The molecule has 1 atom stereocenters.